The van der Waals surface area contributed by atoms with Gasteiger partial charge in [-0.2, -0.15) is 0 Å². The Morgan fingerprint density at radius 2 is 1.94 bits per heavy atom. The molecular formula is C13H10BrN3O. The van der Waals surface area contributed by atoms with Crippen molar-refractivity contribution in [2.45, 2.75) is 0 Å². The van der Waals surface area contributed by atoms with Crippen LogP contribution in [0, 0.1) is 0 Å². The minimum Gasteiger partial charge on any atom is -0.494 e. The second kappa shape index (κ2) is 4.42. The number of hydrogen-bond donors (Lipinski definition) is 1. The topological polar surface area (TPSA) is 50.8 Å². The Labute approximate surface area is 112 Å². The maximum absolute atomic E-state index is 5.33. The summed E-state index contributed by atoms with van der Waals surface area (Å²) in [5.74, 6) is 0.727. The highest BCUT2D eigenvalue weighted by Gasteiger charge is 2.15. The summed E-state index contributed by atoms with van der Waals surface area (Å²) in [6, 6.07) is 7.63. The summed E-state index contributed by atoms with van der Waals surface area (Å²) in [5.41, 5.74) is 2.47. The number of ether oxygens (including phenoxy) is 1. The number of rotatable bonds is 2. The third-order valence-electron chi connectivity index (χ3n) is 2.73. The standard InChI is InChI=1S/C13H10BrN3O/c1-18-9-5-3-6-15-11(9)12-10(14)8-4-2-7-16-13(8)17-12/h2-7H,1H3,(H,16,17). The zero-order valence-electron chi connectivity index (χ0n) is 9.64. The Hall–Kier alpha value is -1.88. The average molecular weight is 304 g/mol. The fourth-order valence-electron chi connectivity index (χ4n) is 1.90. The molecule has 0 saturated carbocycles. The summed E-state index contributed by atoms with van der Waals surface area (Å²) in [4.78, 5) is 11.9. The molecule has 0 atom stereocenters. The molecule has 0 saturated heterocycles. The molecular weight excluding hydrogens is 294 g/mol. The van der Waals surface area contributed by atoms with Crippen molar-refractivity contribution < 1.29 is 4.74 Å². The first kappa shape index (κ1) is 11.2. The monoisotopic (exact) mass is 303 g/mol. The first-order valence-electron chi connectivity index (χ1n) is 5.43. The lowest BCUT2D eigenvalue weighted by molar-refractivity contribution is 0.414. The van der Waals surface area contributed by atoms with Crippen molar-refractivity contribution in [3.05, 3.63) is 41.1 Å². The third kappa shape index (κ3) is 1.67. The quantitative estimate of drug-likeness (QED) is 0.789. The maximum atomic E-state index is 5.33. The van der Waals surface area contributed by atoms with Crippen LogP contribution in [0.4, 0.5) is 0 Å². The van der Waals surface area contributed by atoms with Crippen molar-refractivity contribution in [3.63, 3.8) is 0 Å². The van der Waals surface area contributed by atoms with Gasteiger partial charge in [-0.3, -0.25) is 4.98 Å². The fourth-order valence-corrected chi connectivity index (χ4v) is 2.50. The molecule has 5 heteroatoms. The van der Waals surface area contributed by atoms with Gasteiger partial charge in [0, 0.05) is 17.8 Å². The number of fused-ring (bicyclic) bond motifs is 1. The van der Waals surface area contributed by atoms with Crippen LogP contribution in [0.25, 0.3) is 22.4 Å². The smallest absolute Gasteiger partial charge is 0.146 e. The Balaban J connectivity index is 2.28. The summed E-state index contributed by atoms with van der Waals surface area (Å²) in [7, 11) is 1.63. The molecule has 0 aliphatic carbocycles. The minimum absolute atomic E-state index is 0.727. The van der Waals surface area contributed by atoms with E-state index < -0.39 is 0 Å². The van der Waals surface area contributed by atoms with E-state index in [1.54, 1.807) is 19.5 Å². The lowest BCUT2D eigenvalue weighted by atomic mass is 10.2. The van der Waals surface area contributed by atoms with Crippen LogP contribution in [0.5, 0.6) is 5.75 Å². The van der Waals surface area contributed by atoms with Gasteiger partial charge in [0.1, 0.15) is 17.1 Å². The van der Waals surface area contributed by atoms with Crippen molar-refractivity contribution in [1.29, 1.82) is 0 Å². The lowest BCUT2D eigenvalue weighted by Gasteiger charge is -2.05. The molecule has 0 unspecified atom stereocenters. The highest BCUT2D eigenvalue weighted by molar-refractivity contribution is 9.10. The number of pyridine rings is 2. The Kier molecular flexibility index (Phi) is 2.76. The molecule has 90 valence electrons. The van der Waals surface area contributed by atoms with Gasteiger partial charge < -0.3 is 9.72 Å². The number of hydrogen-bond acceptors (Lipinski definition) is 3. The van der Waals surface area contributed by atoms with Gasteiger partial charge in [-0.15, -0.1) is 0 Å². The van der Waals surface area contributed by atoms with E-state index >= 15 is 0 Å². The van der Waals surface area contributed by atoms with Crippen LogP contribution in [-0.4, -0.2) is 22.1 Å². The van der Waals surface area contributed by atoms with E-state index in [-0.39, 0.29) is 0 Å². The van der Waals surface area contributed by atoms with Gasteiger partial charge in [-0.25, -0.2) is 4.98 Å². The summed E-state index contributed by atoms with van der Waals surface area (Å²) in [6.45, 7) is 0. The molecule has 0 spiro atoms. The number of halogens is 1. The van der Waals surface area contributed by atoms with E-state index in [4.69, 9.17) is 4.74 Å². The van der Waals surface area contributed by atoms with Crippen LogP contribution in [0.2, 0.25) is 0 Å². The van der Waals surface area contributed by atoms with E-state index in [9.17, 15) is 0 Å². The second-order valence-corrected chi connectivity index (χ2v) is 4.56. The number of nitrogens with one attached hydrogen (secondary N) is 1. The summed E-state index contributed by atoms with van der Waals surface area (Å²) >= 11 is 3.59. The van der Waals surface area contributed by atoms with Crippen LogP contribution in [0.1, 0.15) is 0 Å². The number of H-pyrrole nitrogens is 1. The average Bonchev–Trinajstić information content (AvgIpc) is 2.76. The van der Waals surface area contributed by atoms with Crippen LogP contribution in [0.15, 0.2) is 41.1 Å². The predicted octanol–water partition coefficient (Wildman–Crippen LogP) is 3.40. The first-order chi connectivity index (χ1) is 8.81. The molecule has 4 nitrogen and oxygen atoms in total. The zero-order chi connectivity index (χ0) is 12.5. The largest absolute Gasteiger partial charge is 0.494 e. The first-order valence-corrected chi connectivity index (χ1v) is 6.22. The SMILES string of the molecule is COc1cccnc1-c1[nH]c2ncccc2c1Br. The van der Waals surface area contributed by atoms with Gasteiger partial charge in [0.15, 0.2) is 0 Å². The van der Waals surface area contributed by atoms with E-state index in [2.05, 4.69) is 30.9 Å². The molecule has 0 aliphatic heterocycles. The Bertz CT molecular complexity index is 708. The molecule has 3 rings (SSSR count). The molecule has 1 N–H and O–H groups in total. The minimum atomic E-state index is 0.727. The van der Waals surface area contributed by atoms with Gasteiger partial charge in [0.2, 0.25) is 0 Å². The van der Waals surface area contributed by atoms with Crippen LogP contribution in [0.3, 0.4) is 0 Å². The van der Waals surface area contributed by atoms with E-state index in [0.29, 0.717) is 0 Å². The molecule has 0 fully saturated rings. The lowest BCUT2D eigenvalue weighted by Crippen LogP contribution is -1.91. The molecule has 3 aromatic heterocycles. The molecule has 0 bridgehead atoms. The summed E-state index contributed by atoms with van der Waals surface area (Å²) in [6.07, 6.45) is 3.49. The van der Waals surface area contributed by atoms with Gasteiger partial charge >= 0.3 is 0 Å². The Morgan fingerprint density at radius 3 is 2.72 bits per heavy atom. The van der Waals surface area contributed by atoms with Crippen molar-refractivity contribution >= 4 is 27.0 Å². The van der Waals surface area contributed by atoms with Crippen molar-refractivity contribution in [3.8, 4) is 17.1 Å². The molecule has 3 heterocycles. The van der Waals surface area contributed by atoms with Crippen LogP contribution in [-0.2, 0) is 0 Å². The number of methoxy groups -OCH3 is 1. The highest BCUT2D eigenvalue weighted by Crippen LogP contribution is 2.36. The molecule has 0 amide bonds. The summed E-state index contributed by atoms with van der Waals surface area (Å²) in [5, 5.41) is 1.03. The highest BCUT2D eigenvalue weighted by atomic mass is 79.9. The number of nitrogens with zero attached hydrogens (tertiary/aromatic N) is 2. The second-order valence-electron chi connectivity index (χ2n) is 3.77. The Morgan fingerprint density at radius 1 is 1.17 bits per heavy atom. The van der Waals surface area contributed by atoms with E-state index in [1.165, 1.54) is 0 Å². The van der Waals surface area contributed by atoms with E-state index in [0.717, 1.165) is 32.6 Å². The number of aromatic amines is 1. The van der Waals surface area contributed by atoms with Gasteiger partial charge in [-0.05, 0) is 40.2 Å². The van der Waals surface area contributed by atoms with Gasteiger partial charge in [0.05, 0.1) is 17.3 Å². The molecule has 0 aliphatic rings. The van der Waals surface area contributed by atoms with Crippen molar-refractivity contribution in [1.82, 2.24) is 15.0 Å². The fraction of sp³-hybridized carbons (Fsp3) is 0.0769. The molecule has 0 radical (unpaired) electrons. The van der Waals surface area contributed by atoms with Crippen LogP contribution < -0.4 is 4.74 Å². The molecule has 18 heavy (non-hydrogen) atoms. The van der Waals surface area contributed by atoms with Crippen molar-refractivity contribution in [2.75, 3.05) is 7.11 Å². The van der Waals surface area contributed by atoms with E-state index in [1.807, 2.05) is 24.3 Å². The van der Waals surface area contributed by atoms with Crippen molar-refractivity contribution in [2.24, 2.45) is 0 Å². The molecule has 0 aromatic carbocycles. The predicted molar refractivity (Wildman–Crippen MR) is 73.6 cm³/mol. The summed E-state index contributed by atoms with van der Waals surface area (Å²) < 4.78 is 6.27. The molecule has 3 aromatic rings. The number of aromatic nitrogens is 3. The maximum Gasteiger partial charge on any atom is 0.146 e. The third-order valence-corrected chi connectivity index (χ3v) is 3.56. The zero-order valence-corrected chi connectivity index (χ0v) is 11.2. The van der Waals surface area contributed by atoms with Gasteiger partial charge in [-0.1, -0.05) is 0 Å². The van der Waals surface area contributed by atoms with Crippen LogP contribution >= 0.6 is 15.9 Å². The van der Waals surface area contributed by atoms with Gasteiger partial charge in [0.25, 0.3) is 0 Å². The normalized spacial score (nSPS) is 10.8.